The van der Waals surface area contributed by atoms with Gasteiger partial charge in [-0.1, -0.05) is 76.2 Å². The van der Waals surface area contributed by atoms with E-state index in [4.69, 9.17) is 4.74 Å². The third-order valence-corrected chi connectivity index (χ3v) is 16.2. The topological polar surface area (TPSA) is 52.1 Å². The molecule has 0 radical (unpaired) electrons. The predicted octanol–water partition coefficient (Wildman–Crippen LogP) is 16.9. The van der Waals surface area contributed by atoms with Crippen molar-refractivity contribution in [3.05, 3.63) is 184 Å². The van der Waals surface area contributed by atoms with Gasteiger partial charge >= 0.3 is 0 Å². The Bertz CT molecular complexity index is 2430. The molecule has 4 nitrogen and oxygen atoms in total. The van der Waals surface area contributed by atoms with Crippen molar-refractivity contribution >= 4 is 17.1 Å². The Hall–Kier alpha value is -5.13. The van der Waals surface area contributed by atoms with Gasteiger partial charge in [-0.15, -0.1) is 11.3 Å². The zero-order chi connectivity index (χ0) is 49.3. The van der Waals surface area contributed by atoms with E-state index in [0.29, 0.717) is 0 Å². The van der Waals surface area contributed by atoms with Gasteiger partial charge in [0.25, 0.3) is 0 Å². The van der Waals surface area contributed by atoms with Gasteiger partial charge in [-0.25, -0.2) is 0 Å². The summed E-state index contributed by atoms with van der Waals surface area (Å²) < 4.78 is 5.85. The molecule has 3 aliphatic carbocycles. The Kier molecular flexibility index (Phi) is 19.1. The number of aryl methyl sites for hydroxylation is 14. The van der Waals surface area contributed by atoms with Crippen LogP contribution in [0, 0.1) is 146 Å². The number of benzene rings is 4. The van der Waals surface area contributed by atoms with Crippen LogP contribution in [-0.2, 0) is 0 Å². The summed E-state index contributed by atoms with van der Waals surface area (Å²) in [5.41, 5.74) is 18.4. The molecule has 9 rings (SSSR count). The van der Waals surface area contributed by atoms with E-state index in [1.165, 1.54) is 54.3 Å². The number of carbonyl (C=O) groups excluding carboxylic acids is 1. The van der Waals surface area contributed by atoms with Gasteiger partial charge in [-0.2, -0.15) is 0 Å². The van der Waals surface area contributed by atoms with E-state index in [1.54, 1.807) is 0 Å². The van der Waals surface area contributed by atoms with Crippen molar-refractivity contribution < 1.29 is 9.53 Å². The molecule has 5 heteroatoms. The molecule has 4 aromatic carbocycles. The lowest BCUT2D eigenvalue weighted by molar-refractivity contribution is 0.0429. The molecule has 2 aromatic heterocycles. The Balaban J connectivity index is 0.000000185. The Morgan fingerprint density at radius 2 is 0.697 bits per heavy atom. The molecule has 2 bridgehead atoms. The van der Waals surface area contributed by atoms with Crippen LogP contribution in [0.3, 0.4) is 0 Å². The highest BCUT2D eigenvalue weighted by atomic mass is 32.1. The largest absolute Gasteiger partial charge is 0.457 e. The van der Waals surface area contributed by atoms with E-state index in [-0.39, 0.29) is 5.78 Å². The number of fused-ring (bicyclic) bond motifs is 2. The third-order valence-electron chi connectivity index (χ3n) is 15.0. The molecule has 6 aromatic rings. The van der Waals surface area contributed by atoms with Gasteiger partial charge in [0.15, 0.2) is 5.78 Å². The standard InChI is InChI=1S/C17H18O.C16H18O.C12H20.C8H12N2.C8H12S/c1-11-5-7-15(9-13(11)3)17(18)16-8-6-12(2)14(4)10-16;1-11-5-7-15(9-13(11)3)17-16-8-6-12(2)14(4)10-16;1-7-8(2)12-6-5-11(7)9(3)10(12)4;1-5-6(2)10-8(4)7(3)9-5;1-5-6(2)8(4)9-7(5)3/h5-10H,1-4H3;5-10H,1-4H3;5-12H,1-4H3;1-4H3;1-4H3. The summed E-state index contributed by atoms with van der Waals surface area (Å²) in [6, 6.07) is 24.1. The first kappa shape index (κ1) is 53.5. The molecule has 0 N–H and O–H groups in total. The van der Waals surface area contributed by atoms with Crippen LogP contribution in [0.2, 0.25) is 0 Å². The average Bonchev–Trinajstić information content (AvgIpc) is 3.49. The molecular formula is C61H80N2O2S. The maximum atomic E-state index is 12.4. The van der Waals surface area contributed by atoms with Gasteiger partial charge < -0.3 is 4.74 Å². The fourth-order valence-electron chi connectivity index (χ4n) is 8.68. The number of nitrogens with zero attached hydrogens (tertiary/aromatic N) is 2. The van der Waals surface area contributed by atoms with Crippen molar-refractivity contribution in [3.63, 3.8) is 0 Å². The first-order valence-corrected chi connectivity index (χ1v) is 24.7. The van der Waals surface area contributed by atoms with Gasteiger partial charge in [0, 0.05) is 20.9 Å². The van der Waals surface area contributed by atoms with Crippen molar-refractivity contribution in [3.8, 4) is 11.5 Å². The van der Waals surface area contributed by atoms with Crippen LogP contribution in [0.1, 0.15) is 132 Å². The van der Waals surface area contributed by atoms with Gasteiger partial charge in [-0.3, -0.25) is 14.8 Å². The van der Waals surface area contributed by atoms with Gasteiger partial charge in [0.1, 0.15) is 11.5 Å². The van der Waals surface area contributed by atoms with Crippen molar-refractivity contribution in [2.45, 2.75) is 138 Å². The number of aromatic nitrogens is 2. The van der Waals surface area contributed by atoms with E-state index in [9.17, 15) is 4.79 Å². The number of rotatable bonds is 4. The van der Waals surface area contributed by atoms with Gasteiger partial charge in [0.2, 0.25) is 0 Å². The number of ketones is 1. The fraction of sp³-hybridized carbons (Fsp3) is 0.426. The molecule has 1 fully saturated rings. The lowest BCUT2D eigenvalue weighted by atomic mass is 9.55. The minimum absolute atomic E-state index is 0.0983. The molecular weight excluding hydrogens is 825 g/mol. The molecule has 1 saturated carbocycles. The number of allylic oxidation sites excluding steroid dienone is 2. The van der Waals surface area contributed by atoms with Crippen LogP contribution >= 0.6 is 11.3 Å². The maximum absolute atomic E-state index is 12.4. The van der Waals surface area contributed by atoms with Crippen LogP contribution in [0.15, 0.2) is 84.9 Å². The van der Waals surface area contributed by atoms with Crippen molar-refractivity contribution in [2.24, 2.45) is 35.5 Å². The molecule has 3 aliphatic rings. The molecule has 4 unspecified atom stereocenters. The van der Waals surface area contributed by atoms with Crippen molar-refractivity contribution in [1.29, 1.82) is 0 Å². The van der Waals surface area contributed by atoms with Crippen LogP contribution in [0.4, 0.5) is 0 Å². The normalized spacial score (nSPS) is 18.9. The van der Waals surface area contributed by atoms with Gasteiger partial charge in [-0.05, 0) is 238 Å². The zero-order valence-electron chi connectivity index (χ0n) is 44.2. The lowest BCUT2D eigenvalue weighted by Crippen LogP contribution is -2.44. The molecule has 0 saturated heterocycles. The number of ether oxygens (including phenoxy) is 1. The Morgan fingerprint density at radius 3 is 0.955 bits per heavy atom. The first-order chi connectivity index (χ1) is 30.9. The predicted molar refractivity (Wildman–Crippen MR) is 284 cm³/mol. The maximum Gasteiger partial charge on any atom is 0.193 e. The Morgan fingerprint density at radius 1 is 0.409 bits per heavy atom. The average molecular weight is 905 g/mol. The van der Waals surface area contributed by atoms with Crippen molar-refractivity contribution in [1.82, 2.24) is 9.97 Å². The molecule has 0 amide bonds. The van der Waals surface area contributed by atoms with Crippen LogP contribution in [-0.4, -0.2) is 15.8 Å². The number of hydrogen-bond acceptors (Lipinski definition) is 5. The highest BCUT2D eigenvalue weighted by Crippen LogP contribution is 2.50. The quantitative estimate of drug-likeness (QED) is 0.131. The summed E-state index contributed by atoms with van der Waals surface area (Å²) in [4.78, 5) is 23.9. The first-order valence-electron chi connectivity index (χ1n) is 23.9. The highest BCUT2D eigenvalue weighted by Gasteiger charge is 2.43. The summed E-state index contributed by atoms with van der Waals surface area (Å²) >= 11 is 1.90. The molecule has 0 aliphatic heterocycles. The molecule has 352 valence electrons. The second-order valence-electron chi connectivity index (χ2n) is 19.5. The highest BCUT2D eigenvalue weighted by molar-refractivity contribution is 7.12. The van der Waals surface area contributed by atoms with E-state index in [2.05, 4.69) is 143 Å². The summed E-state index contributed by atoms with van der Waals surface area (Å²) in [6.45, 7) is 43.0. The van der Waals surface area contributed by atoms with E-state index < -0.39 is 0 Å². The van der Waals surface area contributed by atoms with Gasteiger partial charge in [0.05, 0.1) is 22.8 Å². The summed E-state index contributed by atoms with van der Waals surface area (Å²) in [6.07, 6.45) is 4.94. The molecule has 66 heavy (non-hydrogen) atoms. The number of carbonyl (C=O) groups is 1. The van der Waals surface area contributed by atoms with Crippen LogP contribution in [0.5, 0.6) is 11.5 Å². The minimum atomic E-state index is 0.0983. The van der Waals surface area contributed by atoms with E-state index in [1.807, 2.05) is 101 Å². The monoisotopic (exact) mass is 905 g/mol. The molecule has 0 spiro atoms. The van der Waals surface area contributed by atoms with E-state index in [0.717, 1.165) is 92.0 Å². The lowest BCUT2D eigenvalue weighted by Gasteiger charge is -2.50. The summed E-state index contributed by atoms with van der Waals surface area (Å²) in [7, 11) is 0. The third kappa shape index (κ3) is 13.7. The smallest absolute Gasteiger partial charge is 0.193 e. The van der Waals surface area contributed by atoms with Crippen LogP contribution in [0.25, 0.3) is 0 Å². The number of hydrogen-bond donors (Lipinski definition) is 0. The molecule has 2 heterocycles. The Labute approximate surface area is 404 Å². The molecule has 4 atom stereocenters. The summed E-state index contributed by atoms with van der Waals surface area (Å²) in [5, 5.41) is 0. The van der Waals surface area contributed by atoms with E-state index >= 15 is 0 Å². The fourth-order valence-corrected chi connectivity index (χ4v) is 9.75. The minimum Gasteiger partial charge on any atom is -0.457 e. The van der Waals surface area contributed by atoms with Crippen LogP contribution < -0.4 is 4.74 Å². The van der Waals surface area contributed by atoms with Crippen molar-refractivity contribution in [2.75, 3.05) is 0 Å². The second-order valence-corrected chi connectivity index (χ2v) is 21.0. The number of thiophene rings is 1. The SMILES string of the molecule is CC1C(C)C2C=CC1C(C)C2C.Cc1ccc(C(=O)c2ccc(C)c(C)c2)cc1C.Cc1ccc(Oc2ccc(C)c(C)c2)cc1C.Cc1nc(C)c(C)nc1C.Cc1sc(C)c(C)c1C. The second kappa shape index (κ2) is 23.5. The summed E-state index contributed by atoms with van der Waals surface area (Å²) in [5.74, 6) is 7.25. The zero-order valence-corrected chi connectivity index (χ0v) is 45.0.